The molecule has 4 rings (SSSR count). The molecule has 0 saturated heterocycles. The van der Waals surface area contributed by atoms with Gasteiger partial charge in [-0.3, -0.25) is 4.79 Å². The molecule has 0 saturated carbocycles. The maximum Gasteiger partial charge on any atom is 0.252 e. The predicted octanol–water partition coefficient (Wildman–Crippen LogP) is 4.45. The Morgan fingerprint density at radius 2 is 1.82 bits per heavy atom. The highest BCUT2D eigenvalue weighted by Gasteiger charge is 2.43. The van der Waals surface area contributed by atoms with E-state index < -0.39 is 5.54 Å². The Balaban J connectivity index is 1.50. The number of carbonyl (C=O) groups excluding carboxylic acids is 1. The van der Waals surface area contributed by atoms with Crippen LogP contribution in [0.1, 0.15) is 29.5 Å². The van der Waals surface area contributed by atoms with Crippen molar-refractivity contribution in [3.63, 3.8) is 0 Å². The van der Waals surface area contributed by atoms with E-state index in [4.69, 9.17) is 19.6 Å². The summed E-state index contributed by atoms with van der Waals surface area (Å²) in [7, 11) is 3.99. The second-order valence-electron chi connectivity index (χ2n) is 9.45. The Morgan fingerprint density at radius 3 is 2.50 bits per heavy atom. The number of aliphatic hydroxyl groups is 1. The SMILES string of the molecule is CN(C)c1ccc(CNC(=O)[C@@]2(C/C=C/c3ccccc3)COC(c3ccc(OCCCO)cc3)=N2)cc1. The fraction of sp³-hybridized carbons (Fsp3) is 0.290. The number of aliphatic imine (C=N–C) groups is 1. The van der Waals surface area contributed by atoms with Crippen molar-refractivity contribution in [2.24, 2.45) is 4.99 Å². The van der Waals surface area contributed by atoms with Crippen LogP contribution in [0.5, 0.6) is 5.75 Å². The molecular formula is C31H35N3O4. The number of rotatable bonds is 12. The van der Waals surface area contributed by atoms with Gasteiger partial charge in [0.25, 0.3) is 5.91 Å². The van der Waals surface area contributed by atoms with E-state index in [0.29, 0.717) is 37.6 Å². The van der Waals surface area contributed by atoms with Gasteiger partial charge in [-0.15, -0.1) is 0 Å². The van der Waals surface area contributed by atoms with Gasteiger partial charge in [0.15, 0.2) is 5.54 Å². The number of hydrogen-bond acceptors (Lipinski definition) is 6. The Kier molecular flexibility index (Phi) is 9.16. The van der Waals surface area contributed by atoms with Gasteiger partial charge < -0.3 is 24.8 Å². The van der Waals surface area contributed by atoms with Gasteiger partial charge in [-0.2, -0.15) is 0 Å². The first-order chi connectivity index (χ1) is 18.5. The number of aliphatic hydroxyl groups excluding tert-OH is 1. The lowest BCUT2D eigenvalue weighted by atomic mass is 9.95. The highest BCUT2D eigenvalue weighted by atomic mass is 16.5. The standard InChI is InChI=1S/C31H35N3O4/c1-34(2)27-15-11-25(12-16-27)22-32-30(36)31(19-6-10-24-8-4-3-5-9-24)23-38-29(33-31)26-13-17-28(18-14-26)37-21-7-20-35/h3-6,8-18,35H,7,19-23H2,1-2H3,(H,32,36)/b10-6+/t31-/m1/s1. The Hall–Kier alpha value is -4.10. The van der Waals surface area contributed by atoms with Gasteiger partial charge in [0.05, 0.1) is 6.61 Å². The number of carbonyl (C=O) groups is 1. The molecule has 3 aromatic carbocycles. The first-order valence-electron chi connectivity index (χ1n) is 12.8. The average Bonchev–Trinajstić information content (AvgIpc) is 3.38. The molecule has 0 aliphatic carbocycles. The normalized spacial score (nSPS) is 16.7. The molecule has 0 radical (unpaired) electrons. The summed E-state index contributed by atoms with van der Waals surface area (Å²) < 4.78 is 11.6. The van der Waals surface area contributed by atoms with E-state index in [-0.39, 0.29) is 19.1 Å². The summed E-state index contributed by atoms with van der Waals surface area (Å²) in [4.78, 5) is 20.4. The van der Waals surface area contributed by atoms with Crippen molar-refractivity contribution in [3.8, 4) is 5.75 Å². The fourth-order valence-electron chi connectivity index (χ4n) is 4.07. The Bertz CT molecular complexity index is 1240. The van der Waals surface area contributed by atoms with Crippen molar-refractivity contribution >= 4 is 23.6 Å². The second kappa shape index (κ2) is 12.9. The van der Waals surface area contributed by atoms with Crippen LogP contribution < -0.4 is 15.0 Å². The first kappa shape index (κ1) is 26.9. The monoisotopic (exact) mass is 513 g/mol. The highest BCUT2D eigenvalue weighted by molar-refractivity contribution is 6.00. The van der Waals surface area contributed by atoms with Crippen LogP contribution in [-0.2, 0) is 16.1 Å². The summed E-state index contributed by atoms with van der Waals surface area (Å²) in [6.45, 7) is 1.10. The predicted molar refractivity (Wildman–Crippen MR) is 152 cm³/mol. The van der Waals surface area contributed by atoms with Crippen LogP contribution in [0.2, 0.25) is 0 Å². The molecule has 1 heterocycles. The van der Waals surface area contributed by atoms with Crippen LogP contribution in [0, 0.1) is 0 Å². The smallest absolute Gasteiger partial charge is 0.252 e. The Morgan fingerprint density at radius 1 is 1.08 bits per heavy atom. The number of anilines is 1. The molecule has 1 aliphatic rings. The zero-order valence-corrected chi connectivity index (χ0v) is 22.0. The lowest BCUT2D eigenvalue weighted by Crippen LogP contribution is -2.46. The average molecular weight is 514 g/mol. The molecule has 1 amide bonds. The van der Waals surface area contributed by atoms with Gasteiger partial charge in [-0.1, -0.05) is 54.6 Å². The molecule has 1 aliphatic heterocycles. The van der Waals surface area contributed by atoms with Crippen molar-refractivity contribution in [2.75, 3.05) is 38.8 Å². The van der Waals surface area contributed by atoms with Gasteiger partial charge in [-0.05, 0) is 47.5 Å². The van der Waals surface area contributed by atoms with Crippen LogP contribution in [0.25, 0.3) is 6.08 Å². The third-order valence-corrected chi connectivity index (χ3v) is 6.33. The number of nitrogens with one attached hydrogen (secondary N) is 1. The summed E-state index contributed by atoms with van der Waals surface area (Å²) in [6, 6.07) is 25.5. The molecule has 0 aromatic heterocycles. The topological polar surface area (TPSA) is 83.4 Å². The van der Waals surface area contributed by atoms with E-state index in [9.17, 15) is 4.79 Å². The second-order valence-corrected chi connectivity index (χ2v) is 9.45. The summed E-state index contributed by atoms with van der Waals surface area (Å²) >= 11 is 0. The lowest BCUT2D eigenvalue weighted by molar-refractivity contribution is -0.126. The van der Waals surface area contributed by atoms with Crippen LogP contribution >= 0.6 is 0 Å². The summed E-state index contributed by atoms with van der Waals surface area (Å²) in [6.07, 6.45) is 4.96. The summed E-state index contributed by atoms with van der Waals surface area (Å²) in [5.41, 5.74) is 2.88. The zero-order valence-electron chi connectivity index (χ0n) is 22.0. The highest BCUT2D eigenvalue weighted by Crippen LogP contribution is 2.28. The van der Waals surface area contributed by atoms with E-state index in [2.05, 4.69) is 5.32 Å². The van der Waals surface area contributed by atoms with Gasteiger partial charge in [0, 0.05) is 51.3 Å². The zero-order chi connectivity index (χ0) is 26.8. The molecule has 2 N–H and O–H groups in total. The minimum absolute atomic E-state index is 0.0903. The molecule has 0 bridgehead atoms. The molecule has 38 heavy (non-hydrogen) atoms. The third-order valence-electron chi connectivity index (χ3n) is 6.33. The molecule has 0 fully saturated rings. The van der Waals surface area contributed by atoms with E-state index in [0.717, 1.165) is 22.4 Å². The van der Waals surface area contributed by atoms with Gasteiger partial charge in [0.2, 0.25) is 5.90 Å². The number of ether oxygens (including phenoxy) is 2. The van der Waals surface area contributed by atoms with Crippen LogP contribution in [-0.4, -0.2) is 56.4 Å². The maximum atomic E-state index is 13.6. The third kappa shape index (κ3) is 7.01. The minimum Gasteiger partial charge on any atom is -0.494 e. The molecule has 198 valence electrons. The minimum atomic E-state index is -1.07. The van der Waals surface area contributed by atoms with Crippen molar-refractivity contribution in [3.05, 3.63) is 102 Å². The molecule has 0 spiro atoms. The van der Waals surface area contributed by atoms with Crippen molar-refractivity contribution in [2.45, 2.75) is 24.9 Å². The summed E-state index contributed by atoms with van der Waals surface area (Å²) in [5.74, 6) is 0.965. The van der Waals surface area contributed by atoms with E-state index in [1.165, 1.54) is 0 Å². The van der Waals surface area contributed by atoms with E-state index in [1.807, 2.05) is 110 Å². The number of hydrogen-bond donors (Lipinski definition) is 2. The quantitative estimate of drug-likeness (QED) is 0.350. The van der Waals surface area contributed by atoms with E-state index >= 15 is 0 Å². The van der Waals surface area contributed by atoms with Gasteiger partial charge in [-0.25, -0.2) is 4.99 Å². The first-order valence-corrected chi connectivity index (χ1v) is 12.8. The van der Waals surface area contributed by atoms with Crippen molar-refractivity contribution < 1.29 is 19.4 Å². The maximum absolute atomic E-state index is 13.6. The number of amides is 1. The van der Waals surface area contributed by atoms with Gasteiger partial charge >= 0.3 is 0 Å². The number of benzene rings is 3. The molecule has 7 heteroatoms. The molecular weight excluding hydrogens is 478 g/mol. The largest absolute Gasteiger partial charge is 0.494 e. The van der Waals surface area contributed by atoms with Crippen molar-refractivity contribution in [1.29, 1.82) is 0 Å². The lowest BCUT2D eigenvalue weighted by Gasteiger charge is -2.22. The van der Waals surface area contributed by atoms with Crippen LogP contribution in [0.4, 0.5) is 5.69 Å². The molecule has 0 unspecified atom stereocenters. The molecule has 1 atom stereocenters. The fourth-order valence-corrected chi connectivity index (χ4v) is 4.07. The number of nitrogens with zero attached hydrogens (tertiary/aromatic N) is 2. The van der Waals surface area contributed by atoms with Gasteiger partial charge in [0.1, 0.15) is 12.4 Å². The molecule has 3 aromatic rings. The summed E-state index contributed by atoms with van der Waals surface area (Å²) in [5, 5.41) is 12.0. The van der Waals surface area contributed by atoms with Crippen molar-refractivity contribution in [1.82, 2.24) is 5.32 Å². The van der Waals surface area contributed by atoms with E-state index in [1.54, 1.807) is 0 Å². The molecule has 7 nitrogen and oxygen atoms in total. The van der Waals surface area contributed by atoms with Crippen LogP contribution in [0.3, 0.4) is 0 Å². The Labute approximate surface area is 224 Å². The van der Waals surface area contributed by atoms with Crippen LogP contribution in [0.15, 0.2) is 89.9 Å².